The van der Waals surface area contributed by atoms with Crippen LogP contribution in [0.4, 0.5) is 0 Å². The summed E-state index contributed by atoms with van der Waals surface area (Å²) in [4.78, 5) is 0. The van der Waals surface area contributed by atoms with Crippen molar-refractivity contribution in [2.75, 3.05) is 0 Å². The lowest BCUT2D eigenvalue weighted by Gasteiger charge is -2.42. The second kappa shape index (κ2) is 8.75. The monoisotopic (exact) mass is 408 g/mol. The fourth-order valence-electron chi connectivity index (χ4n) is 4.50. The van der Waals surface area contributed by atoms with Gasteiger partial charge in [0.2, 0.25) is 0 Å². The molecule has 2 atom stereocenters. The van der Waals surface area contributed by atoms with E-state index in [1.807, 2.05) is 13.8 Å². The first kappa shape index (κ1) is 22.6. The summed E-state index contributed by atoms with van der Waals surface area (Å²) in [7, 11) is 0. The van der Waals surface area contributed by atoms with Gasteiger partial charge < -0.3 is 31.0 Å². The van der Waals surface area contributed by atoms with Crippen LogP contribution in [0.5, 0.6) is 0 Å². The number of aliphatic hydroxyl groups excluding tert-OH is 2. The Morgan fingerprint density at radius 2 is 1.17 bits per heavy atom. The van der Waals surface area contributed by atoms with E-state index in [1.54, 1.807) is 13.8 Å². The van der Waals surface area contributed by atoms with Crippen LogP contribution in [0.15, 0.2) is 42.9 Å². The Balaban J connectivity index is 2.80. The molecule has 160 valence electrons. The van der Waals surface area contributed by atoms with E-state index in [1.165, 1.54) is 0 Å². The maximum Gasteiger partial charge on any atom is 0.141 e. The summed E-state index contributed by atoms with van der Waals surface area (Å²) in [5.74, 6) is 0. The first-order valence-corrected chi connectivity index (χ1v) is 9.34. The predicted molar refractivity (Wildman–Crippen MR) is 107 cm³/mol. The van der Waals surface area contributed by atoms with E-state index in [-0.39, 0.29) is 35.7 Å². The molecule has 0 heterocycles. The van der Waals surface area contributed by atoms with Crippen LogP contribution >= 0.6 is 0 Å². The second-order valence-corrected chi connectivity index (χ2v) is 7.60. The van der Waals surface area contributed by atoms with E-state index in [9.17, 15) is 31.0 Å². The van der Waals surface area contributed by atoms with Gasteiger partial charge >= 0.3 is 0 Å². The lowest BCUT2D eigenvalue weighted by atomic mass is 9.62. The number of hydrogen-bond acceptors (Lipinski definition) is 10. The maximum absolute atomic E-state index is 10.3. The average molecular weight is 408 g/mol. The first-order chi connectivity index (χ1) is 13.7. The minimum atomic E-state index is -1.33. The zero-order valence-electron chi connectivity index (χ0n) is 17.0. The summed E-state index contributed by atoms with van der Waals surface area (Å²) in [6.45, 7) is 7.36. The summed E-state index contributed by atoms with van der Waals surface area (Å²) in [5.41, 5.74) is 1.98. The molecule has 6 N–H and O–H groups in total. The summed E-state index contributed by atoms with van der Waals surface area (Å²) in [6, 6.07) is 0. The van der Waals surface area contributed by atoms with Gasteiger partial charge in [-0.2, -0.15) is 0 Å². The molecule has 2 aliphatic rings. The zero-order chi connectivity index (χ0) is 21.9. The Hall–Kier alpha value is -2.72. The number of oxime groups is 4. The summed E-state index contributed by atoms with van der Waals surface area (Å²) < 4.78 is 0. The molecule has 0 fully saturated rings. The quantitative estimate of drug-likeness (QED) is 0.308. The van der Waals surface area contributed by atoms with E-state index in [4.69, 9.17) is 0 Å². The van der Waals surface area contributed by atoms with Gasteiger partial charge in [0.25, 0.3) is 0 Å². The van der Waals surface area contributed by atoms with Gasteiger partial charge in [-0.05, 0) is 42.6 Å². The molecule has 0 radical (unpaired) electrons. The third-order valence-electron chi connectivity index (χ3n) is 6.09. The number of rotatable bonds is 4. The summed E-state index contributed by atoms with van der Waals surface area (Å²) in [5, 5.41) is 70.9. The van der Waals surface area contributed by atoms with Crippen molar-refractivity contribution in [2.24, 2.45) is 26.0 Å². The average Bonchev–Trinajstić information content (AvgIpc) is 2.69. The highest BCUT2D eigenvalue weighted by Gasteiger charge is 2.44. The normalized spacial score (nSPS) is 31.2. The van der Waals surface area contributed by atoms with E-state index < -0.39 is 17.6 Å². The molecule has 0 aliphatic heterocycles. The number of nitrogens with zero attached hydrogens (tertiary/aromatic N) is 4. The molecular weight excluding hydrogens is 380 g/mol. The Bertz CT molecular complexity index is 789. The second-order valence-electron chi connectivity index (χ2n) is 7.60. The third kappa shape index (κ3) is 3.65. The molecule has 2 unspecified atom stereocenters. The van der Waals surface area contributed by atoms with Gasteiger partial charge in [0.15, 0.2) is 0 Å². The van der Waals surface area contributed by atoms with Gasteiger partial charge in [-0.3, -0.25) is 0 Å². The standard InChI is InChI=1S/C19H28N4O6/c1-5-6-19(4,11-7-13(20-26)17(24)15(22-28)9(11)2)12-8-14(21-27)18(25)16(23-29)10(12)3/h17-18,24-29H,5-8H2,1-4H3. The summed E-state index contributed by atoms with van der Waals surface area (Å²) in [6.07, 6.45) is -1.01. The van der Waals surface area contributed by atoms with Crippen LogP contribution < -0.4 is 0 Å². The van der Waals surface area contributed by atoms with Crippen LogP contribution in [0.25, 0.3) is 0 Å². The van der Waals surface area contributed by atoms with Gasteiger partial charge in [0, 0.05) is 18.3 Å². The molecule has 2 aliphatic carbocycles. The van der Waals surface area contributed by atoms with Crippen molar-refractivity contribution in [2.45, 2.75) is 65.6 Å². The lowest BCUT2D eigenvalue weighted by molar-refractivity contribution is 0.259. The van der Waals surface area contributed by atoms with Crippen LogP contribution in [0, 0.1) is 5.41 Å². The van der Waals surface area contributed by atoms with Crippen molar-refractivity contribution >= 4 is 22.8 Å². The van der Waals surface area contributed by atoms with E-state index >= 15 is 0 Å². The van der Waals surface area contributed by atoms with E-state index in [0.717, 1.165) is 17.6 Å². The molecule has 10 heteroatoms. The number of allylic oxidation sites excluding steroid dienone is 2. The number of aliphatic hydroxyl groups is 2. The van der Waals surface area contributed by atoms with Gasteiger partial charge in [0.05, 0.1) is 11.4 Å². The summed E-state index contributed by atoms with van der Waals surface area (Å²) >= 11 is 0. The molecule has 10 nitrogen and oxygen atoms in total. The fourth-order valence-corrected chi connectivity index (χ4v) is 4.50. The molecule has 29 heavy (non-hydrogen) atoms. The van der Waals surface area contributed by atoms with Crippen LogP contribution in [0.1, 0.15) is 53.4 Å². The van der Waals surface area contributed by atoms with Gasteiger partial charge in [-0.15, -0.1) is 0 Å². The molecule has 0 aromatic rings. The molecule has 0 saturated carbocycles. The van der Waals surface area contributed by atoms with Gasteiger partial charge in [-0.1, -0.05) is 40.9 Å². The van der Waals surface area contributed by atoms with Gasteiger partial charge in [-0.25, -0.2) is 0 Å². The largest absolute Gasteiger partial charge is 0.411 e. The highest BCUT2D eigenvalue weighted by molar-refractivity contribution is 6.22. The Labute approximate surface area is 168 Å². The number of hydrogen-bond donors (Lipinski definition) is 6. The predicted octanol–water partition coefficient (Wildman–Crippen LogP) is 2.28. The van der Waals surface area contributed by atoms with Crippen molar-refractivity contribution in [3.8, 4) is 0 Å². The molecule has 0 aromatic heterocycles. The molecule has 0 saturated heterocycles. The van der Waals surface area contributed by atoms with Crippen LogP contribution in [0.2, 0.25) is 0 Å². The minimum absolute atomic E-state index is 0.0115. The lowest BCUT2D eigenvalue weighted by Crippen LogP contribution is -2.43. The fraction of sp³-hybridized carbons (Fsp3) is 0.579. The van der Waals surface area contributed by atoms with E-state index in [2.05, 4.69) is 20.6 Å². The highest BCUT2D eigenvalue weighted by Crippen LogP contribution is 2.49. The molecule has 2 rings (SSSR count). The Morgan fingerprint density at radius 3 is 1.45 bits per heavy atom. The highest BCUT2D eigenvalue weighted by atomic mass is 16.4. The molecular formula is C19H28N4O6. The minimum Gasteiger partial charge on any atom is -0.411 e. The molecule has 0 bridgehead atoms. The molecule has 0 spiro atoms. The van der Waals surface area contributed by atoms with Crippen molar-refractivity contribution in [1.82, 2.24) is 0 Å². The topological polar surface area (TPSA) is 171 Å². The van der Waals surface area contributed by atoms with Crippen LogP contribution in [-0.2, 0) is 0 Å². The Morgan fingerprint density at radius 1 is 0.793 bits per heavy atom. The molecule has 0 aromatic carbocycles. The van der Waals surface area contributed by atoms with Crippen molar-refractivity contribution in [1.29, 1.82) is 0 Å². The SMILES string of the molecule is CCCC(C)(C1=C(C)C(=NO)C(O)C(=NO)C1)C1=C(C)C(=NO)C(O)C(=NO)C1. The first-order valence-electron chi connectivity index (χ1n) is 9.34. The smallest absolute Gasteiger partial charge is 0.141 e. The van der Waals surface area contributed by atoms with E-state index in [0.29, 0.717) is 17.6 Å². The van der Waals surface area contributed by atoms with Crippen molar-refractivity contribution < 1.29 is 31.0 Å². The molecule has 0 amide bonds. The van der Waals surface area contributed by atoms with Crippen LogP contribution in [-0.4, -0.2) is 66.1 Å². The van der Waals surface area contributed by atoms with Gasteiger partial charge in [0.1, 0.15) is 23.6 Å². The van der Waals surface area contributed by atoms with Crippen molar-refractivity contribution in [3.63, 3.8) is 0 Å². The Kier molecular flexibility index (Phi) is 6.81. The van der Waals surface area contributed by atoms with Crippen molar-refractivity contribution in [3.05, 3.63) is 22.3 Å². The third-order valence-corrected chi connectivity index (χ3v) is 6.09. The van der Waals surface area contributed by atoms with Crippen LogP contribution in [0.3, 0.4) is 0 Å². The zero-order valence-corrected chi connectivity index (χ0v) is 17.0. The maximum atomic E-state index is 10.3.